The Balaban J connectivity index is 1.37. The summed E-state index contributed by atoms with van der Waals surface area (Å²) in [4.78, 5) is 17.3. The van der Waals surface area contributed by atoms with Gasteiger partial charge in [-0.15, -0.1) is 16.4 Å². The van der Waals surface area contributed by atoms with Gasteiger partial charge in [0.25, 0.3) is 5.91 Å². The summed E-state index contributed by atoms with van der Waals surface area (Å²) in [5.41, 5.74) is 4.07. The number of aromatic nitrogens is 6. The number of hydrogen-bond acceptors (Lipinski definition) is 6. The lowest BCUT2D eigenvalue weighted by Crippen LogP contribution is -2.12. The number of carbonyl (C=O) groups excluding carboxylic acids is 1. The van der Waals surface area contributed by atoms with Gasteiger partial charge in [-0.3, -0.25) is 4.79 Å². The lowest BCUT2D eigenvalue weighted by Gasteiger charge is -2.06. The molecule has 5 rings (SSSR count). The Morgan fingerprint density at radius 2 is 1.97 bits per heavy atom. The largest absolute Gasteiger partial charge is 0.339 e. The number of benzene rings is 2. The van der Waals surface area contributed by atoms with Crippen LogP contribution in [-0.2, 0) is 6.54 Å². The standard InChI is InChI=1S/C21H17N7OS/c1-2-27-18-6-4-3-5-14(18)11-19(27)21-24-17(12-30-21)20(29)23-15-7-9-16(10-8-15)28-13-22-25-26-28/h3-13H,2H2,1H3,(H,23,29). The average molecular weight is 415 g/mol. The van der Waals surface area contributed by atoms with E-state index in [-0.39, 0.29) is 5.91 Å². The van der Waals surface area contributed by atoms with E-state index in [1.165, 1.54) is 28.6 Å². The predicted octanol–water partition coefficient (Wildman–Crippen LogP) is 4.01. The highest BCUT2D eigenvalue weighted by molar-refractivity contribution is 7.13. The van der Waals surface area contributed by atoms with Crippen molar-refractivity contribution in [3.63, 3.8) is 0 Å². The third kappa shape index (κ3) is 3.25. The van der Waals surface area contributed by atoms with E-state index in [4.69, 9.17) is 0 Å². The van der Waals surface area contributed by atoms with Crippen molar-refractivity contribution >= 4 is 33.8 Å². The Morgan fingerprint density at radius 1 is 1.13 bits per heavy atom. The van der Waals surface area contributed by atoms with E-state index in [1.807, 2.05) is 24.3 Å². The summed E-state index contributed by atoms with van der Waals surface area (Å²) in [5.74, 6) is -0.244. The molecule has 8 nitrogen and oxygen atoms in total. The van der Waals surface area contributed by atoms with Gasteiger partial charge in [-0.05, 0) is 53.7 Å². The molecule has 148 valence electrons. The number of nitrogens with one attached hydrogen (secondary N) is 1. The Morgan fingerprint density at radius 3 is 2.73 bits per heavy atom. The first kappa shape index (κ1) is 18.2. The summed E-state index contributed by atoms with van der Waals surface area (Å²) in [6.07, 6.45) is 1.51. The van der Waals surface area contributed by atoms with E-state index in [9.17, 15) is 4.79 Å². The Labute approximate surface area is 175 Å². The van der Waals surface area contributed by atoms with Crippen molar-refractivity contribution < 1.29 is 4.79 Å². The molecule has 0 spiro atoms. The van der Waals surface area contributed by atoms with E-state index >= 15 is 0 Å². The zero-order valence-corrected chi connectivity index (χ0v) is 16.9. The minimum Gasteiger partial charge on any atom is -0.339 e. The molecule has 0 aliphatic heterocycles. The second kappa shape index (κ2) is 7.53. The van der Waals surface area contributed by atoms with Crippen molar-refractivity contribution in [1.29, 1.82) is 0 Å². The van der Waals surface area contributed by atoms with Crippen LogP contribution in [0.15, 0.2) is 66.3 Å². The predicted molar refractivity (Wildman–Crippen MR) is 116 cm³/mol. The molecule has 0 saturated heterocycles. The van der Waals surface area contributed by atoms with Gasteiger partial charge in [-0.25, -0.2) is 9.67 Å². The lowest BCUT2D eigenvalue weighted by molar-refractivity contribution is 0.102. The number of aryl methyl sites for hydroxylation is 1. The molecule has 5 aromatic rings. The van der Waals surface area contributed by atoms with E-state index in [0.717, 1.165) is 22.9 Å². The van der Waals surface area contributed by atoms with Crippen LogP contribution in [0.25, 0.3) is 27.3 Å². The van der Waals surface area contributed by atoms with Gasteiger partial charge in [0, 0.05) is 28.5 Å². The summed E-state index contributed by atoms with van der Waals surface area (Å²) in [5, 5.41) is 17.7. The number of nitrogens with zero attached hydrogens (tertiary/aromatic N) is 6. The molecule has 3 heterocycles. The van der Waals surface area contributed by atoms with Crippen molar-refractivity contribution in [1.82, 2.24) is 29.8 Å². The number of fused-ring (bicyclic) bond motifs is 1. The summed E-state index contributed by atoms with van der Waals surface area (Å²) in [7, 11) is 0. The van der Waals surface area contributed by atoms with E-state index in [0.29, 0.717) is 11.4 Å². The number of tetrazole rings is 1. The highest BCUT2D eigenvalue weighted by Gasteiger charge is 2.16. The SMILES string of the molecule is CCn1c(-c2nc(C(=O)Nc3ccc(-n4cnnn4)cc3)cs2)cc2ccccc21. The number of rotatable bonds is 5. The number of para-hydroxylation sites is 1. The molecule has 0 aliphatic carbocycles. The van der Waals surface area contributed by atoms with Crippen LogP contribution in [0.3, 0.4) is 0 Å². The molecular formula is C21H17N7OS. The maximum absolute atomic E-state index is 12.7. The van der Waals surface area contributed by atoms with E-state index in [1.54, 1.807) is 22.2 Å². The number of carbonyl (C=O) groups is 1. The minimum absolute atomic E-state index is 0.244. The fourth-order valence-corrected chi connectivity index (χ4v) is 4.22. The van der Waals surface area contributed by atoms with E-state index < -0.39 is 0 Å². The third-order valence-corrected chi connectivity index (χ3v) is 5.69. The van der Waals surface area contributed by atoms with Crippen LogP contribution in [0.1, 0.15) is 17.4 Å². The molecule has 1 amide bonds. The molecule has 0 aliphatic rings. The van der Waals surface area contributed by atoms with Crippen LogP contribution >= 0.6 is 11.3 Å². The molecular weight excluding hydrogens is 398 g/mol. The molecule has 1 N–H and O–H groups in total. The Kier molecular flexibility index (Phi) is 4.56. The Bertz CT molecular complexity index is 1320. The van der Waals surface area contributed by atoms with Gasteiger partial charge in [-0.1, -0.05) is 18.2 Å². The van der Waals surface area contributed by atoms with Crippen molar-refractivity contribution in [3.05, 3.63) is 72.0 Å². The van der Waals surface area contributed by atoms with Gasteiger partial charge in [0.2, 0.25) is 0 Å². The second-order valence-electron chi connectivity index (χ2n) is 6.63. The van der Waals surface area contributed by atoms with Crippen LogP contribution in [0.4, 0.5) is 5.69 Å². The zero-order chi connectivity index (χ0) is 20.5. The molecule has 30 heavy (non-hydrogen) atoms. The van der Waals surface area contributed by atoms with Gasteiger partial charge in [-0.2, -0.15) is 0 Å². The van der Waals surface area contributed by atoms with Crippen LogP contribution in [0.2, 0.25) is 0 Å². The molecule has 2 aromatic carbocycles. The van der Waals surface area contributed by atoms with Gasteiger partial charge >= 0.3 is 0 Å². The third-order valence-electron chi connectivity index (χ3n) is 4.82. The van der Waals surface area contributed by atoms with Gasteiger partial charge in [0.15, 0.2) is 0 Å². The number of amides is 1. The number of hydrogen-bond donors (Lipinski definition) is 1. The second-order valence-corrected chi connectivity index (χ2v) is 7.48. The summed E-state index contributed by atoms with van der Waals surface area (Å²) in [6, 6.07) is 17.6. The van der Waals surface area contributed by atoms with Crippen molar-refractivity contribution in [2.24, 2.45) is 0 Å². The highest BCUT2D eigenvalue weighted by atomic mass is 32.1. The lowest BCUT2D eigenvalue weighted by atomic mass is 10.2. The zero-order valence-electron chi connectivity index (χ0n) is 16.1. The Hall–Kier alpha value is -3.85. The summed E-state index contributed by atoms with van der Waals surface area (Å²) >= 11 is 1.47. The molecule has 0 bridgehead atoms. The average Bonchev–Trinajstić information content (AvgIpc) is 3.53. The minimum atomic E-state index is -0.244. The van der Waals surface area contributed by atoms with Crippen molar-refractivity contribution in [2.45, 2.75) is 13.5 Å². The first-order chi connectivity index (χ1) is 14.7. The molecule has 0 fully saturated rings. The van der Waals surface area contributed by atoms with Crippen LogP contribution in [-0.4, -0.2) is 35.7 Å². The van der Waals surface area contributed by atoms with Crippen LogP contribution in [0.5, 0.6) is 0 Å². The monoisotopic (exact) mass is 415 g/mol. The first-order valence-corrected chi connectivity index (χ1v) is 10.3. The van der Waals surface area contributed by atoms with Crippen molar-refractivity contribution in [2.75, 3.05) is 5.32 Å². The fourth-order valence-electron chi connectivity index (χ4n) is 3.40. The van der Waals surface area contributed by atoms with Gasteiger partial charge in [0.1, 0.15) is 17.0 Å². The summed E-state index contributed by atoms with van der Waals surface area (Å²) in [6.45, 7) is 2.94. The normalized spacial score (nSPS) is 11.1. The maximum atomic E-state index is 12.7. The smallest absolute Gasteiger partial charge is 0.275 e. The fraction of sp³-hybridized carbons (Fsp3) is 0.0952. The van der Waals surface area contributed by atoms with Gasteiger partial charge in [0.05, 0.1) is 11.4 Å². The van der Waals surface area contributed by atoms with Gasteiger partial charge < -0.3 is 9.88 Å². The number of anilines is 1. The molecule has 0 atom stereocenters. The first-order valence-electron chi connectivity index (χ1n) is 9.42. The summed E-state index contributed by atoms with van der Waals surface area (Å²) < 4.78 is 3.76. The molecule has 9 heteroatoms. The molecule has 0 unspecified atom stereocenters. The quantitative estimate of drug-likeness (QED) is 0.468. The van der Waals surface area contributed by atoms with E-state index in [2.05, 4.69) is 55.5 Å². The van der Waals surface area contributed by atoms with Crippen molar-refractivity contribution in [3.8, 4) is 16.4 Å². The van der Waals surface area contributed by atoms with Crippen LogP contribution < -0.4 is 5.32 Å². The topological polar surface area (TPSA) is 90.5 Å². The molecule has 0 saturated carbocycles. The highest BCUT2D eigenvalue weighted by Crippen LogP contribution is 2.30. The maximum Gasteiger partial charge on any atom is 0.275 e. The van der Waals surface area contributed by atoms with Crippen LogP contribution in [0, 0.1) is 0 Å². The number of thiazole rings is 1. The molecule has 3 aromatic heterocycles. The molecule has 0 radical (unpaired) electrons.